The second-order valence-corrected chi connectivity index (χ2v) is 5.85. The van der Waals surface area contributed by atoms with E-state index in [4.69, 9.17) is 16.3 Å². The number of rotatable bonds is 5. The van der Waals surface area contributed by atoms with Gasteiger partial charge in [-0.1, -0.05) is 17.7 Å². The average molecular weight is 395 g/mol. The van der Waals surface area contributed by atoms with Crippen molar-refractivity contribution in [1.82, 2.24) is 9.97 Å². The predicted molar refractivity (Wildman–Crippen MR) is 98.0 cm³/mol. The molecule has 1 heterocycles. The standard InChI is InChI=1S/C18H14ClF3N4O/c1-27-15-6-5-13(10-14(15)19)25-17-23-8-7-16(26-17)24-12-4-2-3-11(9-12)18(20,21)22/h2-10H,1H3,(H2,23,24,25,26). The summed E-state index contributed by atoms with van der Waals surface area (Å²) in [5.41, 5.74) is 0.159. The van der Waals surface area contributed by atoms with Gasteiger partial charge in [0.1, 0.15) is 11.6 Å². The largest absolute Gasteiger partial charge is 0.495 e. The zero-order valence-electron chi connectivity index (χ0n) is 14.0. The van der Waals surface area contributed by atoms with Crippen molar-refractivity contribution in [1.29, 1.82) is 0 Å². The van der Waals surface area contributed by atoms with E-state index in [-0.39, 0.29) is 11.6 Å². The SMILES string of the molecule is COc1ccc(Nc2nccc(Nc3cccc(C(F)(F)F)c3)n2)cc1Cl. The predicted octanol–water partition coefficient (Wildman–Crippen LogP) is 5.64. The van der Waals surface area contributed by atoms with E-state index in [9.17, 15) is 13.2 Å². The van der Waals surface area contributed by atoms with E-state index in [2.05, 4.69) is 20.6 Å². The number of halogens is 4. The number of nitrogens with zero attached hydrogens (tertiary/aromatic N) is 2. The summed E-state index contributed by atoms with van der Waals surface area (Å²) in [6, 6.07) is 11.5. The van der Waals surface area contributed by atoms with Crippen LogP contribution in [0.15, 0.2) is 54.7 Å². The molecule has 0 fully saturated rings. The lowest BCUT2D eigenvalue weighted by Crippen LogP contribution is -2.05. The van der Waals surface area contributed by atoms with Crippen LogP contribution in [0.4, 0.5) is 36.3 Å². The van der Waals surface area contributed by atoms with Gasteiger partial charge in [0.25, 0.3) is 0 Å². The zero-order chi connectivity index (χ0) is 19.4. The van der Waals surface area contributed by atoms with Crippen molar-refractivity contribution in [3.63, 3.8) is 0 Å². The number of aromatic nitrogens is 2. The molecule has 0 bridgehead atoms. The Labute approximate surface area is 158 Å². The number of anilines is 4. The van der Waals surface area contributed by atoms with Gasteiger partial charge in [-0.2, -0.15) is 18.2 Å². The van der Waals surface area contributed by atoms with E-state index in [1.165, 1.54) is 25.4 Å². The normalized spacial score (nSPS) is 11.1. The lowest BCUT2D eigenvalue weighted by Gasteiger charge is -2.11. The quantitative estimate of drug-likeness (QED) is 0.586. The van der Waals surface area contributed by atoms with E-state index < -0.39 is 11.7 Å². The second-order valence-electron chi connectivity index (χ2n) is 5.44. The first-order valence-corrected chi connectivity index (χ1v) is 8.11. The third-order valence-electron chi connectivity index (χ3n) is 3.53. The molecule has 27 heavy (non-hydrogen) atoms. The molecule has 5 nitrogen and oxygen atoms in total. The number of hydrogen-bond donors (Lipinski definition) is 2. The van der Waals surface area contributed by atoms with Crippen LogP contribution in [0.25, 0.3) is 0 Å². The molecular weight excluding hydrogens is 381 g/mol. The van der Waals surface area contributed by atoms with Crippen LogP contribution < -0.4 is 15.4 Å². The summed E-state index contributed by atoms with van der Waals surface area (Å²) in [4.78, 5) is 8.33. The first kappa shape index (κ1) is 18.8. The number of methoxy groups -OCH3 is 1. The van der Waals surface area contributed by atoms with Gasteiger partial charge in [-0.25, -0.2) is 4.98 Å². The topological polar surface area (TPSA) is 59.1 Å². The Hall–Kier alpha value is -3.00. The highest BCUT2D eigenvalue weighted by Gasteiger charge is 2.30. The van der Waals surface area contributed by atoms with Crippen LogP contribution in [0.2, 0.25) is 5.02 Å². The minimum absolute atomic E-state index is 0.258. The van der Waals surface area contributed by atoms with Crippen LogP contribution in [0.3, 0.4) is 0 Å². The smallest absolute Gasteiger partial charge is 0.416 e. The fourth-order valence-electron chi connectivity index (χ4n) is 2.28. The Balaban J connectivity index is 1.77. The molecule has 2 aromatic carbocycles. The van der Waals surface area contributed by atoms with Gasteiger partial charge in [-0.05, 0) is 42.5 Å². The maximum atomic E-state index is 12.8. The Bertz CT molecular complexity index is 950. The minimum Gasteiger partial charge on any atom is -0.495 e. The maximum absolute atomic E-state index is 12.8. The second kappa shape index (κ2) is 7.71. The summed E-state index contributed by atoms with van der Waals surface area (Å²) >= 11 is 6.08. The van der Waals surface area contributed by atoms with Crippen molar-refractivity contribution in [3.05, 3.63) is 65.3 Å². The first-order valence-electron chi connectivity index (χ1n) is 7.73. The number of benzene rings is 2. The van der Waals surface area contributed by atoms with Gasteiger partial charge >= 0.3 is 6.18 Å². The van der Waals surface area contributed by atoms with Crippen LogP contribution >= 0.6 is 11.6 Å². The van der Waals surface area contributed by atoms with E-state index in [1.807, 2.05) is 0 Å². The van der Waals surface area contributed by atoms with Crippen molar-refractivity contribution in [2.45, 2.75) is 6.18 Å². The van der Waals surface area contributed by atoms with Crippen molar-refractivity contribution in [2.24, 2.45) is 0 Å². The molecule has 3 aromatic rings. The van der Waals surface area contributed by atoms with Gasteiger partial charge in [0, 0.05) is 17.6 Å². The van der Waals surface area contributed by atoms with E-state index in [1.54, 1.807) is 24.3 Å². The summed E-state index contributed by atoms with van der Waals surface area (Å²) in [6.07, 6.45) is -2.93. The average Bonchev–Trinajstić information content (AvgIpc) is 2.62. The van der Waals surface area contributed by atoms with Gasteiger partial charge in [-0.3, -0.25) is 0 Å². The molecule has 1 aromatic heterocycles. The number of nitrogens with one attached hydrogen (secondary N) is 2. The first-order chi connectivity index (χ1) is 12.8. The number of alkyl halides is 3. The molecule has 3 rings (SSSR count). The third-order valence-corrected chi connectivity index (χ3v) is 3.82. The van der Waals surface area contributed by atoms with Crippen molar-refractivity contribution < 1.29 is 17.9 Å². The molecule has 9 heteroatoms. The number of ether oxygens (including phenoxy) is 1. The monoisotopic (exact) mass is 394 g/mol. The van der Waals surface area contributed by atoms with E-state index in [0.717, 1.165) is 12.1 Å². The Morgan fingerprint density at radius 2 is 1.78 bits per heavy atom. The number of hydrogen-bond acceptors (Lipinski definition) is 5. The molecule has 0 radical (unpaired) electrons. The molecule has 2 N–H and O–H groups in total. The molecule has 0 aliphatic heterocycles. The van der Waals surface area contributed by atoms with Gasteiger partial charge < -0.3 is 15.4 Å². The fraction of sp³-hybridized carbons (Fsp3) is 0.111. The summed E-state index contributed by atoms with van der Waals surface area (Å²) in [6.45, 7) is 0. The van der Waals surface area contributed by atoms with Gasteiger partial charge in [0.05, 0.1) is 17.7 Å². The molecule has 0 aliphatic carbocycles. The van der Waals surface area contributed by atoms with E-state index in [0.29, 0.717) is 22.3 Å². The van der Waals surface area contributed by atoms with Gasteiger partial charge in [0.2, 0.25) is 5.95 Å². The molecular formula is C18H14ClF3N4O. The van der Waals surface area contributed by atoms with Crippen LogP contribution in [-0.2, 0) is 6.18 Å². The summed E-state index contributed by atoms with van der Waals surface area (Å²) in [5, 5.41) is 6.23. The fourth-order valence-corrected chi connectivity index (χ4v) is 2.54. The van der Waals surface area contributed by atoms with Gasteiger partial charge in [-0.15, -0.1) is 0 Å². The summed E-state index contributed by atoms with van der Waals surface area (Å²) in [7, 11) is 1.51. The zero-order valence-corrected chi connectivity index (χ0v) is 14.8. The molecule has 0 saturated carbocycles. The van der Waals surface area contributed by atoms with Crippen LogP contribution in [0.1, 0.15) is 5.56 Å². The minimum atomic E-state index is -4.41. The van der Waals surface area contributed by atoms with Crippen LogP contribution in [0, 0.1) is 0 Å². The molecule has 0 atom stereocenters. The van der Waals surface area contributed by atoms with Crippen molar-refractivity contribution in [3.8, 4) is 5.75 Å². The van der Waals surface area contributed by atoms with Crippen molar-refractivity contribution in [2.75, 3.05) is 17.7 Å². The lowest BCUT2D eigenvalue weighted by atomic mass is 10.2. The lowest BCUT2D eigenvalue weighted by molar-refractivity contribution is -0.137. The highest BCUT2D eigenvalue weighted by atomic mass is 35.5. The Morgan fingerprint density at radius 1 is 1.00 bits per heavy atom. The summed E-state index contributed by atoms with van der Waals surface area (Å²) < 4.78 is 43.5. The van der Waals surface area contributed by atoms with Gasteiger partial charge in [0.15, 0.2) is 0 Å². The molecule has 0 unspecified atom stereocenters. The highest BCUT2D eigenvalue weighted by Crippen LogP contribution is 2.31. The van der Waals surface area contributed by atoms with Crippen LogP contribution in [-0.4, -0.2) is 17.1 Å². The summed E-state index contributed by atoms with van der Waals surface area (Å²) in [5.74, 6) is 1.13. The molecule has 0 spiro atoms. The molecule has 0 amide bonds. The molecule has 140 valence electrons. The van der Waals surface area contributed by atoms with E-state index >= 15 is 0 Å². The Kier molecular flexibility index (Phi) is 5.36. The van der Waals surface area contributed by atoms with Crippen molar-refractivity contribution >= 4 is 34.7 Å². The molecule has 0 saturated heterocycles. The highest BCUT2D eigenvalue weighted by molar-refractivity contribution is 6.32. The van der Waals surface area contributed by atoms with Crippen LogP contribution in [0.5, 0.6) is 5.75 Å². The third kappa shape index (κ3) is 4.79. The maximum Gasteiger partial charge on any atom is 0.416 e. The Morgan fingerprint density at radius 3 is 2.48 bits per heavy atom. The molecule has 0 aliphatic rings.